The molecule has 0 spiro atoms. The predicted octanol–water partition coefficient (Wildman–Crippen LogP) is 3.28. The number of hydrogen-bond donors (Lipinski definition) is 0. The molecule has 3 heteroatoms. The molecule has 1 saturated carbocycles. The molecule has 0 aromatic rings. The van der Waals surface area contributed by atoms with Gasteiger partial charge in [-0.05, 0) is 49.3 Å². The van der Waals surface area contributed by atoms with Gasteiger partial charge in [-0.3, -0.25) is 4.79 Å². The Bertz CT molecular complexity index is 183. The molecule has 1 rings (SSSR count). The lowest BCUT2D eigenvalue weighted by Crippen LogP contribution is -2.33. The Kier molecular flexibility index (Phi) is 4.01. The van der Waals surface area contributed by atoms with Gasteiger partial charge in [0, 0.05) is 0 Å². The molecule has 0 unspecified atom stereocenters. The van der Waals surface area contributed by atoms with Crippen LogP contribution in [0, 0.1) is 5.41 Å². The highest BCUT2D eigenvalue weighted by atomic mass is 127. The van der Waals surface area contributed by atoms with Gasteiger partial charge in [0.2, 0.25) is 0 Å². The van der Waals surface area contributed by atoms with Gasteiger partial charge < -0.3 is 4.74 Å². The third-order valence-corrected chi connectivity index (χ3v) is 2.97. The molecule has 0 radical (unpaired) electrons. The second-order valence-corrected chi connectivity index (χ2v) is 5.82. The molecule has 1 atom stereocenters. The third-order valence-electron chi connectivity index (χ3n) is 2.72. The van der Waals surface area contributed by atoms with E-state index in [1.165, 1.54) is 19.3 Å². The van der Waals surface area contributed by atoms with E-state index in [1.807, 2.05) is 13.8 Å². The highest BCUT2D eigenvalue weighted by Crippen LogP contribution is 2.37. The van der Waals surface area contributed by atoms with E-state index in [0.717, 1.165) is 12.8 Å². The fourth-order valence-corrected chi connectivity index (χ4v) is 2.06. The molecular formula is C10H17IO2. The Balaban J connectivity index is 2.51. The molecule has 1 aliphatic rings. The van der Waals surface area contributed by atoms with Crippen molar-refractivity contribution in [3.05, 3.63) is 0 Å². The Labute approximate surface area is 93.6 Å². The van der Waals surface area contributed by atoms with Crippen molar-refractivity contribution in [3.63, 3.8) is 0 Å². The summed E-state index contributed by atoms with van der Waals surface area (Å²) in [7, 11) is 0. The SMILES string of the molecule is C[C@H](I)OC(=O)C1(C)CCCCC1. The summed E-state index contributed by atoms with van der Waals surface area (Å²) < 4.78 is 5.23. The van der Waals surface area contributed by atoms with Crippen LogP contribution >= 0.6 is 22.6 Å². The minimum atomic E-state index is -0.197. The summed E-state index contributed by atoms with van der Waals surface area (Å²) in [5.41, 5.74) is -0.197. The summed E-state index contributed by atoms with van der Waals surface area (Å²) >= 11 is 2.12. The number of hydrogen-bond acceptors (Lipinski definition) is 2. The van der Waals surface area contributed by atoms with E-state index in [0.29, 0.717) is 0 Å². The van der Waals surface area contributed by atoms with Crippen LogP contribution in [0.4, 0.5) is 0 Å². The highest BCUT2D eigenvalue weighted by Gasteiger charge is 2.36. The molecule has 0 aromatic heterocycles. The first-order valence-corrected chi connectivity index (χ1v) is 6.14. The van der Waals surface area contributed by atoms with E-state index in [9.17, 15) is 4.79 Å². The van der Waals surface area contributed by atoms with Crippen molar-refractivity contribution in [2.75, 3.05) is 0 Å². The molecule has 13 heavy (non-hydrogen) atoms. The van der Waals surface area contributed by atoms with E-state index in [4.69, 9.17) is 4.74 Å². The monoisotopic (exact) mass is 296 g/mol. The first-order chi connectivity index (χ1) is 6.04. The van der Waals surface area contributed by atoms with Gasteiger partial charge in [0.05, 0.1) is 5.41 Å². The molecule has 0 saturated heterocycles. The molecule has 76 valence electrons. The van der Waals surface area contributed by atoms with Gasteiger partial charge in [0.15, 0.2) is 0 Å². The summed E-state index contributed by atoms with van der Waals surface area (Å²) in [6.45, 7) is 3.93. The van der Waals surface area contributed by atoms with Crippen molar-refractivity contribution in [3.8, 4) is 0 Å². The largest absolute Gasteiger partial charge is 0.452 e. The maximum Gasteiger partial charge on any atom is 0.312 e. The van der Waals surface area contributed by atoms with E-state index in [-0.39, 0.29) is 15.5 Å². The standard InChI is InChI=1S/C10H17IO2/c1-8(11)13-9(12)10(2)6-4-3-5-7-10/h8H,3-7H2,1-2H3/t8-/m1/s1. The van der Waals surface area contributed by atoms with Crippen LogP contribution in [0.1, 0.15) is 46.0 Å². The normalized spacial score (nSPS) is 23.6. The first kappa shape index (κ1) is 11.3. The van der Waals surface area contributed by atoms with Crippen molar-refractivity contribution in [1.29, 1.82) is 0 Å². The van der Waals surface area contributed by atoms with Crippen molar-refractivity contribution in [1.82, 2.24) is 0 Å². The van der Waals surface area contributed by atoms with Crippen LogP contribution in [0.25, 0.3) is 0 Å². The van der Waals surface area contributed by atoms with Crippen LogP contribution in [-0.4, -0.2) is 10.1 Å². The summed E-state index contributed by atoms with van der Waals surface area (Å²) in [4.78, 5) is 11.7. The molecule has 0 bridgehead atoms. The van der Waals surface area contributed by atoms with Crippen LogP contribution in [-0.2, 0) is 9.53 Å². The third kappa shape index (κ3) is 3.11. The number of esters is 1. The van der Waals surface area contributed by atoms with E-state index in [2.05, 4.69) is 22.6 Å². The molecule has 0 N–H and O–H groups in total. The Morgan fingerprint density at radius 3 is 2.38 bits per heavy atom. The van der Waals surface area contributed by atoms with Crippen molar-refractivity contribution in [2.24, 2.45) is 5.41 Å². The van der Waals surface area contributed by atoms with Crippen molar-refractivity contribution >= 4 is 28.6 Å². The Hall–Kier alpha value is 0.200. The van der Waals surface area contributed by atoms with E-state index in [1.54, 1.807) is 0 Å². The summed E-state index contributed by atoms with van der Waals surface area (Å²) in [5, 5.41) is 0. The Morgan fingerprint density at radius 1 is 1.38 bits per heavy atom. The predicted molar refractivity (Wildman–Crippen MR) is 60.8 cm³/mol. The summed E-state index contributed by atoms with van der Waals surface area (Å²) in [5.74, 6) is -0.00546. The second-order valence-electron chi connectivity index (χ2n) is 4.07. The zero-order valence-electron chi connectivity index (χ0n) is 8.31. The zero-order valence-corrected chi connectivity index (χ0v) is 10.5. The van der Waals surface area contributed by atoms with Crippen LogP contribution in [0.2, 0.25) is 0 Å². The molecule has 1 aliphatic carbocycles. The molecule has 0 aromatic carbocycles. The quantitative estimate of drug-likeness (QED) is 0.444. The van der Waals surface area contributed by atoms with Gasteiger partial charge >= 0.3 is 5.97 Å². The molecule has 0 amide bonds. The molecule has 0 heterocycles. The summed E-state index contributed by atoms with van der Waals surface area (Å²) in [6.07, 6.45) is 5.59. The number of rotatable bonds is 2. The van der Waals surface area contributed by atoms with Crippen LogP contribution < -0.4 is 0 Å². The van der Waals surface area contributed by atoms with Gasteiger partial charge in [0.25, 0.3) is 0 Å². The lowest BCUT2D eigenvalue weighted by atomic mass is 9.76. The summed E-state index contributed by atoms with van der Waals surface area (Å²) in [6, 6.07) is 0. The molecule has 2 nitrogen and oxygen atoms in total. The second kappa shape index (κ2) is 4.62. The maximum absolute atomic E-state index is 11.7. The zero-order chi connectivity index (χ0) is 9.90. The van der Waals surface area contributed by atoms with Gasteiger partial charge in [-0.25, -0.2) is 0 Å². The number of halogens is 1. The highest BCUT2D eigenvalue weighted by molar-refractivity contribution is 14.1. The number of carbonyl (C=O) groups is 1. The van der Waals surface area contributed by atoms with Gasteiger partial charge in [-0.1, -0.05) is 19.3 Å². The lowest BCUT2D eigenvalue weighted by molar-refractivity contribution is -0.157. The molecule has 0 aliphatic heterocycles. The smallest absolute Gasteiger partial charge is 0.312 e. The van der Waals surface area contributed by atoms with Gasteiger partial charge in [-0.15, -0.1) is 0 Å². The minimum Gasteiger partial charge on any atom is -0.452 e. The lowest BCUT2D eigenvalue weighted by Gasteiger charge is -2.31. The number of alkyl halides is 1. The molecule has 1 fully saturated rings. The Morgan fingerprint density at radius 2 is 1.92 bits per heavy atom. The number of ether oxygens (including phenoxy) is 1. The van der Waals surface area contributed by atoms with Gasteiger partial charge in [0.1, 0.15) is 4.11 Å². The fourth-order valence-electron chi connectivity index (χ4n) is 1.83. The van der Waals surface area contributed by atoms with Crippen molar-refractivity contribution in [2.45, 2.75) is 50.1 Å². The molecular weight excluding hydrogens is 279 g/mol. The van der Waals surface area contributed by atoms with Crippen LogP contribution in [0.3, 0.4) is 0 Å². The van der Waals surface area contributed by atoms with Crippen molar-refractivity contribution < 1.29 is 9.53 Å². The van der Waals surface area contributed by atoms with Crippen LogP contribution in [0.5, 0.6) is 0 Å². The van der Waals surface area contributed by atoms with Crippen LogP contribution in [0.15, 0.2) is 0 Å². The maximum atomic E-state index is 11.7. The number of carbonyl (C=O) groups excluding carboxylic acids is 1. The van der Waals surface area contributed by atoms with Gasteiger partial charge in [-0.2, -0.15) is 0 Å². The average molecular weight is 296 g/mol. The first-order valence-electron chi connectivity index (χ1n) is 4.90. The van der Waals surface area contributed by atoms with E-state index >= 15 is 0 Å². The topological polar surface area (TPSA) is 26.3 Å². The minimum absolute atomic E-state index is 0.00546. The van der Waals surface area contributed by atoms with E-state index < -0.39 is 0 Å². The fraction of sp³-hybridized carbons (Fsp3) is 0.900. The average Bonchev–Trinajstić information content (AvgIpc) is 2.04.